The fourth-order valence-corrected chi connectivity index (χ4v) is 7.34. The number of nitrogens with one attached hydrogen (secondary N) is 1. The van der Waals surface area contributed by atoms with E-state index in [1.807, 2.05) is 49.6 Å². The van der Waals surface area contributed by atoms with Crippen molar-refractivity contribution in [2.45, 2.75) is 38.6 Å². The molecule has 1 N–H and O–H groups in total. The molecule has 13 heteroatoms. The Balaban J connectivity index is 0.00000417. The second-order valence-corrected chi connectivity index (χ2v) is 12.8. The van der Waals surface area contributed by atoms with Gasteiger partial charge in [0.05, 0.1) is 29.5 Å². The van der Waals surface area contributed by atoms with E-state index in [4.69, 9.17) is 21.3 Å². The van der Waals surface area contributed by atoms with Gasteiger partial charge in [-0.25, -0.2) is 9.78 Å². The van der Waals surface area contributed by atoms with E-state index in [9.17, 15) is 14.4 Å². The van der Waals surface area contributed by atoms with Crippen molar-refractivity contribution in [1.82, 2.24) is 29.2 Å². The first-order valence-corrected chi connectivity index (χ1v) is 16.2. The van der Waals surface area contributed by atoms with Crippen molar-refractivity contribution >= 4 is 40.3 Å². The molecule has 4 heterocycles. The van der Waals surface area contributed by atoms with Gasteiger partial charge in [-0.3, -0.25) is 26.1 Å². The van der Waals surface area contributed by atoms with E-state index in [1.165, 1.54) is 29.3 Å². The standard InChI is InChI=1S/C36H34ClN7O4.Mn/c1-20-23(9-6-12-26(20)39-33-31-29(17-38-41-33)42(2)36(47)43(3)35(31)46)24-10-5-11-25(32(24)37)27-16-22-13-14-28(30(22)34(40-27)48-4)44-18-21(19-44)8-7-15-45;/h5-6,9-12,16-17,28H,7-8,13-14,18-19H2,1-4H3,(H,39,41);/q-2;+2/t28-;/m0./s1. The summed E-state index contributed by atoms with van der Waals surface area (Å²) in [4.78, 5) is 43.7. The minimum atomic E-state index is -0.458. The van der Waals surface area contributed by atoms with Crippen LogP contribution in [-0.2, 0) is 42.4 Å². The summed E-state index contributed by atoms with van der Waals surface area (Å²) < 4.78 is 8.30. The minimum absolute atomic E-state index is 0. The Morgan fingerprint density at radius 1 is 1.08 bits per heavy atom. The molecule has 0 saturated carbocycles. The third-order valence-electron chi connectivity index (χ3n) is 9.63. The Bertz CT molecular complexity index is 2210. The molecule has 7 rings (SSSR count). The van der Waals surface area contributed by atoms with Crippen LogP contribution in [0.1, 0.15) is 42.0 Å². The number of halogens is 1. The molecule has 1 fully saturated rings. The first-order valence-electron chi connectivity index (χ1n) is 15.8. The second-order valence-electron chi connectivity index (χ2n) is 12.4. The molecule has 1 aliphatic carbocycles. The minimum Gasteiger partial charge on any atom is -0.542 e. The number of methoxy groups -OCH3 is 1. The number of benzene rings is 2. The molecular formula is C36H34ClMnN7O4. The van der Waals surface area contributed by atoms with Crippen molar-refractivity contribution in [3.05, 3.63) is 97.1 Å². The Labute approximate surface area is 298 Å². The molecule has 1 radical (unpaired) electrons. The van der Waals surface area contributed by atoms with Crippen LogP contribution in [0.25, 0.3) is 33.3 Å². The van der Waals surface area contributed by atoms with Gasteiger partial charge in [-0.1, -0.05) is 41.9 Å². The van der Waals surface area contributed by atoms with Gasteiger partial charge in [0.25, 0.3) is 5.56 Å². The van der Waals surface area contributed by atoms with Gasteiger partial charge >= 0.3 is 22.8 Å². The SMILES string of the molecule is COc1nc(-c2cccc(-c3cccc(Nc4nncc5c4c(=O)n(C)c(=O)n5C)c3C)c2Cl)cc2c1[C@@H](N1C[C-](CC[C-]=O)C1)CC2.[Mn+2]. The maximum Gasteiger partial charge on any atom is 2.00 e. The topological polar surface area (TPSA) is 124 Å². The number of rotatable bonds is 9. The Morgan fingerprint density at radius 2 is 1.82 bits per heavy atom. The maximum atomic E-state index is 13.1. The summed E-state index contributed by atoms with van der Waals surface area (Å²) in [5, 5.41) is 12.4. The quantitative estimate of drug-likeness (QED) is 0.161. The molecule has 3 aromatic heterocycles. The molecule has 0 unspecified atom stereocenters. The van der Waals surface area contributed by atoms with E-state index < -0.39 is 11.2 Å². The molecule has 2 aliphatic rings. The van der Waals surface area contributed by atoms with Crippen LogP contribution in [0.3, 0.4) is 0 Å². The number of anilines is 2. The average molecular weight is 719 g/mol. The molecule has 1 atom stereocenters. The fraction of sp³-hybridized carbons (Fsp3) is 0.306. The Hall–Kier alpha value is -4.35. The van der Waals surface area contributed by atoms with Gasteiger partial charge in [-0.15, -0.1) is 18.2 Å². The average Bonchev–Trinajstić information content (AvgIpc) is 3.50. The molecule has 251 valence electrons. The van der Waals surface area contributed by atoms with Crippen molar-refractivity contribution < 1.29 is 26.6 Å². The molecule has 0 amide bonds. The van der Waals surface area contributed by atoms with Gasteiger partial charge in [0.2, 0.25) is 5.88 Å². The Kier molecular flexibility index (Phi) is 9.77. The summed E-state index contributed by atoms with van der Waals surface area (Å²) in [7, 11) is 4.70. The third kappa shape index (κ3) is 5.97. The van der Waals surface area contributed by atoms with Gasteiger partial charge in [-0.05, 0) is 48.6 Å². The van der Waals surface area contributed by atoms with E-state index >= 15 is 0 Å². The third-order valence-corrected chi connectivity index (χ3v) is 10.0. The van der Waals surface area contributed by atoms with Crippen molar-refractivity contribution in [2.24, 2.45) is 14.1 Å². The van der Waals surface area contributed by atoms with E-state index in [2.05, 4.69) is 26.5 Å². The number of ether oxygens (including phenoxy) is 1. The van der Waals surface area contributed by atoms with Crippen LogP contribution < -0.4 is 21.3 Å². The summed E-state index contributed by atoms with van der Waals surface area (Å²) in [6, 6.07) is 14.1. The molecule has 5 aromatic rings. The predicted molar refractivity (Wildman–Crippen MR) is 186 cm³/mol. The van der Waals surface area contributed by atoms with Crippen LogP contribution in [0.2, 0.25) is 5.02 Å². The first-order chi connectivity index (χ1) is 23.2. The van der Waals surface area contributed by atoms with Crippen LogP contribution in [-0.4, -0.2) is 55.7 Å². The summed E-state index contributed by atoms with van der Waals surface area (Å²) in [5.41, 5.74) is 6.69. The summed E-state index contributed by atoms with van der Waals surface area (Å²) >= 11 is 7.19. The van der Waals surface area contributed by atoms with Crippen LogP contribution in [0.5, 0.6) is 5.88 Å². The van der Waals surface area contributed by atoms with Crippen LogP contribution in [0.4, 0.5) is 11.5 Å². The van der Waals surface area contributed by atoms with E-state index in [0.717, 1.165) is 70.4 Å². The van der Waals surface area contributed by atoms with Crippen molar-refractivity contribution in [2.75, 3.05) is 25.5 Å². The number of aryl methyl sites for hydroxylation is 2. The molecule has 11 nitrogen and oxygen atoms in total. The zero-order valence-corrected chi connectivity index (χ0v) is 29.4. The van der Waals surface area contributed by atoms with Crippen LogP contribution in [0.15, 0.2) is 58.3 Å². The maximum absolute atomic E-state index is 13.1. The van der Waals surface area contributed by atoms with Crippen LogP contribution in [0, 0.1) is 12.8 Å². The van der Waals surface area contributed by atoms with E-state index in [-0.39, 0.29) is 34.3 Å². The molecule has 49 heavy (non-hydrogen) atoms. The van der Waals surface area contributed by atoms with Crippen molar-refractivity contribution in [3.8, 4) is 28.3 Å². The van der Waals surface area contributed by atoms with Crippen molar-refractivity contribution in [1.29, 1.82) is 0 Å². The number of likely N-dealkylation sites (tertiary alicyclic amines) is 1. The van der Waals surface area contributed by atoms with E-state index in [0.29, 0.717) is 28.5 Å². The predicted octanol–water partition coefficient (Wildman–Crippen LogP) is 5.24. The molecule has 0 spiro atoms. The van der Waals surface area contributed by atoms with Crippen molar-refractivity contribution in [3.63, 3.8) is 0 Å². The van der Waals surface area contributed by atoms with Gasteiger partial charge in [0.15, 0.2) is 5.82 Å². The van der Waals surface area contributed by atoms with Gasteiger partial charge in [0, 0.05) is 42.5 Å². The summed E-state index contributed by atoms with van der Waals surface area (Å²) in [5.74, 6) is 2.25. The number of fused-ring (bicyclic) bond motifs is 2. The van der Waals surface area contributed by atoms with Gasteiger partial charge in [0.1, 0.15) is 5.39 Å². The van der Waals surface area contributed by atoms with Crippen LogP contribution >= 0.6 is 11.6 Å². The summed E-state index contributed by atoms with van der Waals surface area (Å²) in [6.07, 6.45) is 6.58. The molecule has 0 bridgehead atoms. The fourth-order valence-electron chi connectivity index (χ4n) is 7.02. The molecule has 1 aliphatic heterocycles. The Morgan fingerprint density at radius 3 is 2.57 bits per heavy atom. The second kappa shape index (κ2) is 13.9. The smallest absolute Gasteiger partial charge is 0.542 e. The normalized spacial score (nSPS) is 15.8. The summed E-state index contributed by atoms with van der Waals surface area (Å²) in [6.45, 7) is 3.75. The zero-order valence-electron chi connectivity index (χ0n) is 27.5. The molecular weight excluding hydrogens is 685 g/mol. The number of hydrogen-bond donors (Lipinski definition) is 1. The molecule has 2 aromatic carbocycles. The largest absolute Gasteiger partial charge is 2.00 e. The first kappa shape index (κ1) is 34.5. The van der Waals surface area contributed by atoms with E-state index in [1.54, 1.807) is 14.2 Å². The number of pyridine rings is 1. The number of aromatic nitrogens is 5. The number of carbonyl (C=O) groups excluding carboxylic acids is 1. The van der Waals surface area contributed by atoms with Gasteiger partial charge in [-0.2, -0.15) is 17.9 Å². The monoisotopic (exact) mass is 718 g/mol. The molecule has 1 saturated heterocycles. The van der Waals surface area contributed by atoms with Gasteiger partial charge < -0.3 is 19.7 Å². The number of hydrogen-bond acceptors (Lipinski definition) is 9. The zero-order chi connectivity index (χ0) is 33.7. The number of nitrogens with zero attached hydrogens (tertiary/aromatic N) is 6.